The van der Waals surface area contributed by atoms with Crippen LogP contribution in [0.4, 0.5) is 5.00 Å². The highest BCUT2D eigenvalue weighted by Gasteiger charge is 2.40. The summed E-state index contributed by atoms with van der Waals surface area (Å²) in [6.45, 7) is 8.42. The lowest BCUT2D eigenvalue weighted by Crippen LogP contribution is -2.54. The number of amides is 1. The fourth-order valence-electron chi connectivity index (χ4n) is 4.12. The molecule has 1 aromatic carbocycles. The minimum absolute atomic E-state index is 0.152. The second-order valence-corrected chi connectivity index (χ2v) is 9.43. The van der Waals surface area contributed by atoms with Gasteiger partial charge in [-0.1, -0.05) is 0 Å². The van der Waals surface area contributed by atoms with Crippen LogP contribution in [0.3, 0.4) is 0 Å². The van der Waals surface area contributed by atoms with Crippen molar-refractivity contribution in [2.45, 2.75) is 45.2 Å². The Balaban J connectivity index is 2.02. The van der Waals surface area contributed by atoms with Crippen molar-refractivity contribution in [3.8, 4) is 23.3 Å². The summed E-state index contributed by atoms with van der Waals surface area (Å²) in [6, 6.07) is 5.47. The summed E-state index contributed by atoms with van der Waals surface area (Å²) in [6.07, 6.45) is 0.714. The van der Waals surface area contributed by atoms with Gasteiger partial charge in [0.1, 0.15) is 11.1 Å². The van der Waals surface area contributed by atoms with Crippen molar-refractivity contribution in [3.63, 3.8) is 0 Å². The first-order valence-corrected chi connectivity index (χ1v) is 10.4. The van der Waals surface area contributed by atoms with Crippen molar-refractivity contribution in [2.24, 2.45) is 0 Å². The van der Waals surface area contributed by atoms with E-state index in [1.54, 1.807) is 12.1 Å². The van der Waals surface area contributed by atoms with Crippen molar-refractivity contribution >= 4 is 22.2 Å². The molecule has 3 rings (SSSR count). The zero-order chi connectivity index (χ0) is 22.3. The van der Waals surface area contributed by atoms with Gasteiger partial charge in [-0.25, -0.2) is 0 Å². The number of methoxy groups -OCH3 is 3. The van der Waals surface area contributed by atoms with Crippen LogP contribution in [-0.2, 0) is 12.0 Å². The molecule has 0 saturated carbocycles. The Bertz CT molecular complexity index is 1010. The van der Waals surface area contributed by atoms with Gasteiger partial charge in [0.15, 0.2) is 11.5 Å². The van der Waals surface area contributed by atoms with Gasteiger partial charge in [-0.2, -0.15) is 5.26 Å². The van der Waals surface area contributed by atoms with Gasteiger partial charge in [-0.15, -0.1) is 11.3 Å². The van der Waals surface area contributed by atoms with Crippen molar-refractivity contribution in [1.82, 2.24) is 5.32 Å². The molecule has 0 saturated heterocycles. The molecular weight excluding hydrogens is 402 g/mol. The second-order valence-electron chi connectivity index (χ2n) is 8.40. The summed E-state index contributed by atoms with van der Waals surface area (Å²) in [7, 11) is 4.50. The maximum absolute atomic E-state index is 13.0. The molecule has 1 aliphatic heterocycles. The molecule has 0 radical (unpaired) electrons. The average molecular weight is 430 g/mol. The molecule has 7 nitrogen and oxygen atoms in total. The van der Waals surface area contributed by atoms with Gasteiger partial charge in [0.2, 0.25) is 5.75 Å². The summed E-state index contributed by atoms with van der Waals surface area (Å²) in [5.74, 6) is 0.838. The van der Waals surface area contributed by atoms with Crippen LogP contribution in [0.25, 0.3) is 0 Å². The van der Waals surface area contributed by atoms with Crippen molar-refractivity contribution in [3.05, 3.63) is 33.7 Å². The molecule has 1 aliphatic rings. The molecule has 160 valence electrons. The predicted octanol–water partition coefficient (Wildman–Crippen LogP) is 4.06. The maximum Gasteiger partial charge on any atom is 0.256 e. The Morgan fingerprint density at radius 1 is 1.13 bits per heavy atom. The molecule has 0 atom stereocenters. The molecular formula is C22H27N3O4S. The molecule has 0 bridgehead atoms. The number of nitrogens with zero attached hydrogens (tertiary/aromatic N) is 1. The number of nitriles is 1. The van der Waals surface area contributed by atoms with Crippen LogP contribution >= 0.6 is 11.3 Å². The Hall–Kier alpha value is -2.76. The Morgan fingerprint density at radius 2 is 1.73 bits per heavy atom. The van der Waals surface area contributed by atoms with E-state index in [-0.39, 0.29) is 17.0 Å². The summed E-state index contributed by atoms with van der Waals surface area (Å²) in [4.78, 5) is 14.1. The van der Waals surface area contributed by atoms with Gasteiger partial charge in [0.05, 0.1) is 26.9 Å². The van der Waals surface area contributed by atoms with E-state index in [1.165, 1.54) is 32.7 Å². The number of nitrogens with one attached hydrogen (secondary N) is 2. The van der Waals surface area contributed by atoms with Crippen molar-refractivity contribution in [1.29, 1.82) is 5.26 Å². The SMILES string of the molecule is COc1cc(C(=O)Nc2sc3c(c2C#N)CC(C)(C)NC3(C)C)cc(OC)c1OC. The third kappa shape index (κ3) is 3.83. The number of ether oxygens (including phenoxy) is 3. The number of rotatable bonds is 5. The molecule has 30 heavy (non-hydrogen) atoms. The predicted molar refractivity (Wildman–Crippen MR) is 117 cm³/mol. The zero-order valence-corrected chi connectivity index (χ0v) is 19.2. The van der Waals surface area contributed by atoms with Crippen LogP contribution in [-0.4, -0.2) is 32.8 Å². The minimum Gasteiger partial charge on any atom is -0.493 e. The van der Waals surface area contributed by atoms with E-state index in [0.717, 1.165) is 10.4 Å². The molecule has 2 aromatic rings. The second kappa shape index (κ2) is 7.82. The van der Waals surface area contributed by atoms with Gasteiger partial charge >= 0.3 is 0 Å². The van der Waals surface area contributed by atoms with Gasteiger partial charge < -0.3 is 24.8 Å². The molecule has 2 N–H and O–H groups in total. The maximum atomic E-state index is 13.0. The smallest absolute Gasteiger partial charge is 0.256 e. The van der Waals surface area contributed by atoms with E-state index in [1.807, 2.05) is 0 Å². The highest BCUT2D eigenvalue weighted by atomic mass is 32.1. The highest BCUT2D eigenvalue weighted by molar-refractivity contribution is 7.17. The molecule has 0 unspecified atom stereocenters. The Labute approximate surface area is 180 Å². The van der Waals surface area contributed by atoms with Crippen LogP contribution in [0.5, 0.6) is 17.2 Å². The third-order valence-electron chi connectivity index (χ3n) is 5.11. The first-order valence-electron chi connectivity index (χ1n) is 9.53. The Kier molecular flexibility index (Phi) is 5.72. The number of carbonyl (C=O) groups is 1. The highest BCUT2D eigenvalue weighted by Crippen LogP contribution is 2.45. The standard InChI is InChI=1S/C22H27N3O4S/c1-21(2)10-13-14(11-23)20(30-18(13)22(3,4)25-21)24-19(26)12-8-15(27-5)17(29-7)16(9-12)28-6/h8-9,25H,10H2,1-7H3,(H,24,26). The molecule has 1 aromatic heterocycles. The van der Waals surface area contributed by atoms with Crippen LogP contribution < -0.4 is 24.8 Å². The van der Waals surface area contributed by atoms with Crippen molar-refractivity contribution < 1.29 is 19.0 Å². The number of hydrogen-bond donors (Lipinski definition) is 2. The van der Waals surface area contributed by atoms with E-state index in [9.17, 15) is 10.1 Å². The quantitative estimate of drug-likeness (QED) is 0.745. The van der Waals surface area contributed by atoms with E-state index in [0.29, 0.717) is 39.8 Å². The van der Waals surface area contributed by atoms with Gasteiger partial charge in [0, 0.05) is 21.5 Å². The molecule has 2 heterocycles. The zero-order valence-electron chi connectivity index (χ0n) is 18.4. The molecule has 0 fully saturated rings. The largest absolute Gasteiger partial charge is 0.493 e. The van der Waals surface area contributed by atoms with Gasteiger partial charge in [-0.05, 0) is 51.8 Å². The van der Waals surface area contributed by atoms with Crippen LogP contribution in [0.15, 0.2) is 12.1 Å². The van der Waals surface area contributed by atoms with E-state index in [4.69, 9.17) is 14.2 Å². The minimum atomic E-state index is -0.352. The summed E-state index contributed by atoms with van der Waals surface area (Å²) in [5, 5.41) is 16.9. The van der Waals surface area contributed by atoms with E-state index in [2.05, 4.69) is 44.4 Å². The third-order valence-corrected chi connectivity index (χ3v) is 6.58. The lowest BCUT2D eigenvalue weighted by atomic mass is 9.81. The van der Waals surface area contributed by atoms with Crippen molar-refractivity contribution in [2.75, 3.05) is 26.6 Å². The fraction of sp³-hybridized carbons (Fsp3) is 0.455. The number of benzene rings is 1. The number of carbonyl (C=O) groups excluding carboxylic acids is 1. The normalized spacial score (nSPS) is 16.2. The topological polar surface area (TPSA) is 92.6 Å². The number of fused-ring (bicyclic) bond motifs is 1. The van der Waals surface area contributed by atoms with E-state index >= 15 is 0 Å². The van der Waals surface area contributed by atoms with Crippen LogP contribution in [0.1, 0.15) is 54.1 Å². The molecule has 0 spiro atoms. The Morgan fingerprint density at radius 3 is 2.23 bits per heavy atom. The lowest BCUT2D eigenvalue weighted by Gasteiger charge is -2.42. The fourth-order valence-corrected chi connectivity index (χ4v) is 5.34. The average Bonchev–Trinajstić information content (AvgIpc) is 3.02. The molecule has 1 amide bonds. The van der Waals surface area contributed by atoms with Gasteiger partial charge in [0.25, 0.3) is 5.91 Å². The summed E-state index contributed by atoms with van der Waals surface area (Å²) >= 11 is 1.44. The lowest BCUT2D eigenvalue weighted by molar-refractivity contribution is 0.102. The number of thiophene rings is 1. The monoisotopic (exact) mass is 429 g/mol. The summed E-state index contributed by atoms with van der Waals surface area (Å²) < 4.78 is 16.0. The number of hydrogen-bond acceptors (Lipinski definition) is 7. The van der Waals surface area contributed by atoms with Gasteiger partial charge in [-0.3, -0.25) is 4.79 Å². The van der Waals surface area contributed by atoms with Crippen LogP contribution in [0.2, 0.25) is 0 Å². The number of anilines is 1. The summed E-state index contributed by atoms with van der Waals surface area (Å²) in [5.41, 5.74) is 1.41. The first-order chi connectivity index (χ1) is 14.1. The first kappa shape index (κ1) is 21.9. The van der Waals surface area contributed by atoms with Crippen LogP contribution in [0, 0.1) is 11.3 Å². The van der Waals surface area contributed by atoms with E-state index < -0.39 is 0 Å². The molecule has 0 aliphatic carbocycles. The molecule has 8 heteroatoms.